The Labute approximate surface area is 129 Å². The van der Waals surface area contributed by atoms with E-state index in [0.29, 0.717) is 5.02 Å². The van der Waals surface area contributed by atoms with E-state index >= 15 is 0 Å². The van der Waals surface area contributed by atoms with Gasteiger partial charge >= 0.3 is 0 Å². The molecule has 1 amide bonds. The highest BCUT2D eigenvalue weighted by Crippen LogP contribution is 2.18. The Kier molecular flexibility index (Phi) is 5.23. The average Bonchev–Trinajstić information content (AvgIpc) is 2.49. The molecule has 2 aromatic carbocycles. The van der Waals surface area contributed by atoms with Crippen LogP contribution in [-0.2, 0) is 11.2 Å². The summed E-state index contributed by atoms with van der Waals surface area (Å²) in [6.45, 7) is 1.95. The van der Waals surface area contributed by atoms with Gasteiger partial charge in [-0.05, 0) is 36.2 Å². The standard InChI is InChI=1S/C17H18ClNO2/c1-12(13-7-9-15(21-2)10-8-13)19-17(20)11-14-5-3-4-6-16(14)18/h3-10,12H,11H2,1-2H3,(H,19,20)/t12-/m0/s1. The van der Waals surface area contributed by atoms with Gasteiger partial charge in [0.15, 0.2) is 0 Å². The number of amides is 1. The Bertz CT molecular complexity index is 610. The van der Waals surface area contributed by atoms with Gasteiger partial charge < -0.3 is 10.1 Å². The molecule has 110 valence electrons. The van der Waals surface area contributed by atoms with Gasteiger partial charge in [-0.15, -0.1) is 0 Å². The molecule has 0 spiro atoms. The molecule has 0 aliphatic carbocycles. The summed E-state index contributed by atoms with van der Waals surface area (Å²) in [5.74, 6) is 0.750. The van der Waals surface area contributed by atoms with E-state index in [1.165, 1.54) is 0 Å². The van der Waals surface area contributed by atoms with Crippen LogP contribution in [0.25, 0.3) is 0 Å². The fourth-order valence-electron chi connectivity index (χ4n) is 2.08. The summed E-state index contributed by atoms with van der Waals surface area (Å²) in [4.78, 5) is 12.1. The zero-order chi connectivity index (χ0) is 15.2. The molecule has 2 aromatic rings. The minimum atomic E-state index is -0.0640. The number of benzene rings is 2. The van der Waals surface area contributed by atoms with E-state index < -0.39 is 0 Å². The predicted octanol–water partition coefficient (Wildman–Crippen LogP) is 3.77. The van der Waals surface area contributed by atoms with E-state index in [-0.39, 0.29) is 18.4 Å². The molecular weight excluding hydrogens is 286 g/mol. The summed E-state index contributed by atoms with van der Waals surface area (Å²) in [6, 6.07) is 15.0. The maximum atomic E-state index is 12.1. The van der Waals surface area contributed by atoms with E-state index in [0.717, 1.165) is 16.9 Å². The van der Waals surface area contributed by atoms with Gasteiger partial charge in [0.2, 0.25) is 5.91 Å². The Balaban J connectivity index is 1.97. The maximum absolute atomic E-state index is 12.1. The topological polar surface area (TPSA) is 38.3 Å². The van der Waals surface area contributed by atoms with Gasteiger partial charge in [-0.3, -0.25) is 4.79 Å². The third kappa shape index (κ3) is 4.23. The average molecular weight is 304 g/mol. The summed E-state index contributed by atoms with van der Waals surface area (Å²) in [7, 11) is 1.63. The highest BCUT2D eigenvalue weighted by molar-refractivity contribution is 6.31. The largest absolute Gasteiger partial charge is 0.497 e. The van der Waals surface area contributed by atoms with Crippen LogP contribution in [-0.4, -0.2) is 13.0 Å². The molecule has 1 N–H and O–H groups in total. The van der Waals surface area contributed by atoms with Gasteiger partial charge in [-0.1, -0.05) is 41.9 Å². The van der Waals surface area contributed by atoms with Crippen LogP contribution >= 0.6 is 11.6 Å². The number of nitrogens with one attached hydrogen (secondary N) is 1. The molecular formula is C17H18ClNO2. The molecule has 0 aliphatic rings. The van der Waals surface area contributed by atoms with E-state index in [2.05, 4.69) is 5.32 Å². The fourth-order valence-corrected chi connectivity index (χ4v) is 2.29. The summed E-state index contributed by atoms with van der Waals surface area (Å²) < 4.78 is 5.12. The zero-order valence-electron chi connectivity index (χ0n) is 12.1. The van der Waals surface area contributed by atoms with Gasteiger partial charge in [0.25, 0.3) is 0 Å². The number of hydrogen-bond donors (Lipinski definition) is 1. The Morgan fingerprint density at radius 3 is 2.48 bits per heavy atom. The summed E-state index contributed by atoms with van der Waals surface area (Å²) in [6.07, 6.45) is 0.278. The van der Waals surface area contributed by atoms with Crippen LogP contribution in [0.1, 0.15) is 24.1 Å². The van der Waals surface area contributed by atoms with Crippen molar-refractivity contribution in [3.8, 4) is 5.75 Å². The van der Waals surface area contributed by atoms with Crippen LogP contribution < -0.4 is 10.1 Å². The summed E-state index contributed by atoms with van der Waals surface area (Å²) in [5, 5.41) is 3.59. The molecule has 0 bridgehead atoms. The van der Waals surface area contributed by atoms with Crippen LogP contribution in [0, 0.1) is 0 Å². The molecule has 0 saturated carbocycles. The molecule has 0 fully saturated rings. The molecule has 4 heteroatoms. The minimum absolute atomic E-state index is 0.0496. The molecule has 0 radical (unpaired) electrons. The van der Waals surface area contributed by atoms with Crippen LogP contribution in [0.4, 0.5) is 0 Å². The fraction of sp³-hybridized carbons (Fsp3) is 0.235. The molecule has 0 aliphatic heterocycles. The third-order valence-corrected chi connectivity index (χ3v) is 3.67. The zero-order valence-corrected chi connectivity index (χ0v) is 12.9. The van der Waals surface area contributed by atoms with Crippen LogP contribution in [0.3, 0.4) is 0 Å². The number of carbonyl (C=O) groups is 1. The molecule has 0 saturated heterocycles. The van der Waals surface area contributed by atoms with Crippen molar-refractivity contribution in [3.05, 3.63) is 64.7 Å². The Hall–Kier alpha value is -2.00. The van der Waals surface area contributed by atoms with Crippen molar-refractivity contribution in [1.82, 2.24) is 5.32 Å². The first kappa shape index (κ1) is 15.4. The van der Waals surface area contributed by atoms with E-state index in [1.54, 1.807) is 13.2 Å². The first-order valence-corrected chi connectivity index (χ1v) is 7.14. The smallest absolute Gasteiger partial charge is 0.224 e. The second-order valence-electron chi connectivity index (χ2n) is 4.83. The maximum Gasteiger partial charge on any atom is 0.224 e. The number of rotatable bonds is 5. The van der Waals surface area contributed by atoms with Crippen LogP contribution in [0.5, 0.6) is 5.75 Å². The number of hydrogen-bond acceptors (Lipinski definition) is 2. The summed E-state index contributed by atoms with van der Waals surface area (Å²) >= 11 is 6.06. The minimum Gasteiger partial charge on any atom is -0.497 e. The monoisotopic (exact) mass is 303 g/mol. The Morgan fingerprint density at radius 1 is 1.19 bits per heavy atom. The molecule has 0 heterocycles. The predicted molar refractivity (Wildman–Crippen MR) is 84.7 cm³/mol. The lowest BCUT2D eigenvalue weighted by Crippen LogP contribution is -2.28. The van der Waals surface area contributed by atoms with Crippen molar-refractivity contribution in [2.75, 3.05) is 7.11 Å². The first-order chi connectivity index (χ1) is 10.1. The van der Waals surface area contributed by atoms with Gasteiger partial charge in [0.1, 0.15) is 5.75 Å². The molecule has 0 aromatic heterocycles. The first-order valence-electron chi connectivity index (χ1n) is 6.77. The van der Waals surface area contributed by atoms with Gasteiger partial charge in [-0.2, -0.15) is 0 Å². The highest BCUT2D eigenvalue weighted by atomic mass is 35.5. The number of carbonyl (C=O) groups excluding carboxylic acids is 1. The van der Waals surface area contributed by atoms with Crippen molar-refractivity contribution in [2.45, 2.75) is 19.4 Å². The summed E-state index contributed by atoms with van der Waals surface area (Å²) in [5.41, 5.74) is 1.86. The molecule has 21 heavy (non-hydrogen) atoms. The normalized spacial score (nSPS) is 11.8. The SMILES string of the molecule is COc1ccc([C@H](C)NC(=O)Cc2ccccc2Cl)cc1. The van der Waals surface area contributed by atoms with Crippen molar-refractivity contribution in [3.63, 3.8) is 0 Å². The van der Waals surface area contributed by atoms with Crippen molar-refractivity contribution in [2.24, 2.45) is 0 Å². The van der Waals surface area contributed by atoms with Crippen LogP contribution in [0.15, 0.2) is 48.5 Å². The molecule has 3 nitrogen and oxygen atoms in total. The molecule has 0 unspecified atom stereocenters. The molecule has 2 rings (SSSR count). The lowest BCUT2D eigenvalue weighted by molar-refractivity contribution is -0.121. The van der Waals surface area contributed by atoms with Gasteiger partial charge in [-0.25, -0.2) is 0 Å². The number of methoxy groups -OCH3 is 1. The Morgan fingerprint density at radius 2 is 1.86 bits per heavy atom. The molecule has 1 atom stereocenters. The van der Waals surface area contributed by atoms with Gasteiger partial charge in [0.05, 0.1) is 19.6 Å². The quantitative estimate of drug-likeness (QED) is 0.913. The van der Waals surface area contributed by atoms with Crippen molar-refractivity contribution >= 4 is 17.5 Å². The lowest BCUT2D eigenvalue weighted by Gasteiger charge is -2.15. The van der Waals surface area contributed by atoms with Crippen molar-refractivity contribution in [1.29, 1.82) is 0 Å². The number of ether oxygens (including phenoxy) is 1. The second-order valence-corrected chi connectivity index (χ2v) is 5.24. The van der Waals surface area contributed by atoms with E-state index in [9.17, 15) is 4.79 Å². The van der Waals surface area contributed by atoms with E-state index in [1.807, 2.05) is 49.4 Å². The number of halogens is 1. The highest BCUT2D eigenvalue weighted by Gasteiger charge is 2.11. The van der Waals surface area contributed by atoms with Gasteiger partial charge in [0, 0.05) is 5.02 Å². The van der Waals surface area contributed by atoms with E-state index in [4.69, 9.17) is 16.3 Å². The lowest BCUT2D eigenvalue weighted by atomic mass is 10.1. The third-order valence-electron chi connectivity index (χ3n) is 3.30. The van der Waals surface area contributed by atoms with Crippen molar-refractivity contribution < 1.29 is 9.53 Å². The van der Waals surface area contributed by atoms with Crippen LogP contribution in [0.2, 0.25) is 5.02 Å². The second kappa shape index (κ2) is 7.14.